The van der Waals surface area contributed by atoms with E-state index in [2.05, 4.69) is 37.4 Å². The van der Waals surface area contributed by atoms with Crippen LogP contribution in [0.2, 0.25) is 0 Å². The smallest absolute Gasteiger partial charge is 0.0661 e. The molecule has 1 aromatic rings. The van der Waals surface area contributed by atoms with Gasteiger partial charge in [-0.15, -0.1) is 0 Å². The fraction of sp³-hybridized carbons (Fsp3) is 0.600. The normalized spacial score (nSPS) is 17.1. The highest BCUT2D eigenvalue weighted by Gasteiger charge is 2.22. The van der Waals surface area contributed by atoms with Crippen molar-refractivity contribution in [2.75, 3.05) is 20.3 Å². The van der Waals surface area contributed by atoms with Crippen molar-refractivity contribution in [2.45, 2.75) is 32.7 Å². The Kier molecular flexibility index (Phi) is 4.19. The van der Waals surface area contributed by atoms with Gasteiger partial charge in [0.25, 0.3) is 0 Å². The molecule has 0 amide bonds. The number of aryl methyl sites for hydroxylation is 2. The first-order valence-electron chi connectivity index (χ1n) is 6.53. The van der Waals surface area contributed by atoms with E-state index in [1.807, 2.05) is 7.05 Å². The minimum Gasteiger partial charge on any atom is -0.379 e. The third-order valence-electron chi connectivity index (χ3n) is 3.48. The van der Waals surface area contributed by atoms with Crippen molar-refractivity contribution in [2.24, 2.45) is 5.92 Å². The molecule has 2 rings (SSSR count). The predicted octanol–water partition coefficient (Wildman–Crippen LogP) is 2.99. The third kappa shape index (κ3) is 3.55. The van der Waals surface area contributed by atoms with Gasteiger partial charge in [-0.25, -0.2) is 0 Å². The zero-order valence-corrected chi connectivity index (χ0v) is 11.1. The Morgan fingerprint density at radius 3 is 2.71 bits per heavy atom. The van der Waals surface area contributed by atoms with Gasteiger partial charge < -0.3 is 10.1 Å². The molecular weight excluding hydrogens is 210 g/mol. The molecule has 1 aliphatic rings. The van der Waals surface area contributed by atoms with Crippen molar-refractivity contribution in [3.05, 3.63) is 34.9 Å². The minimum absolute atomic E-state index is 0.314. The quantitative estimate of drug-likeness (QED) is 0.815. The first kappa shape index (κ1) is 12.6. The van der Waals surface area contributed by atoms with Gasteiger partial charge in [-0.05, 0) is 50.8 Å². The van der Waals surface area contributed by atoms with Crippen molar-refractivity contribution in [1.82, 2.24) is 5.32 Å². The molecule has 1 N–H and O–H groups in total. The monoisotopic (exact) mass is 233 g/mol. The van der Waals surface area contributed by atoms with E-state index in [0.717, 1.165) is 19.1 Å². The predicted molar refractivity (Wildman–Crippen MR) is 71.3 cm³/mol. The number of benzene rings is 1. The molecule has 94 valence electrons. The molecule has 2 nitrogen and oxygen atoms in total. The van der Waals surface area contributed by atoms with E-state index in [9.17, 15) is 0 Å². The van der Waals surface area contributed by atoms with Crippen LogP contribution in [0, 0.1) is 19.8 Å². The third-order valence-corrected chi connectivity index (χ3v) is 3.48. The molecular formula is C15H23NO. The highest BCUT2D eigenvalue weighted by atomic mass is 16.5. The lowest BCUT2D eigenvalue weighted by molar-refractivity contribution is 0.104. The van der Waals surface area contributed by atoms with Crippen LogP contribution in [0.4, 0.5) is 0 Å². The van der Waals surface area contributed by atoms with Crippen LogP contribution in [0.1, 0.15) is 35.6 Å². The fourth-order valence-electron chi connectivity index (χ4n) is 2.18. The molecule has 1 aromatic carbocycles. The van der Waals surface area contributed by atoms with Crippen molar-refractivity contribution in [3.63, 3.8) is 0 Å². The number of rotatable bonds is 6. The number of nitrogens with one attached hydrogen (secondary N) is 1. The molecule has 0 aromatic heterocycles. The van der Waals surface area contributed by atoms with Crippen LogP contribution >= 0.6 is 0 Å². The van der Waals surface area contributed by atoms with Crippen LogP contribution in [0.5, 0.6) is 0 Å². The van der Waals surface area contributed by atoms with Crippen molar-refractivity contribution < 1.29 is 4.74 Å². The first-order valence-corrected chi connectivity index (χ1v) is 6.53. The van der Waals surface area contributed by atoms with Gasteiger partial charge in [-0.1, -0.05) is 23.8 Å². The van der Waals surface area contributed by atoms with Crippen LogP contribution < -0.4 is 5.32 Å². The Bertz CT molecular complexity index is 371. The largest absolute Gasteiger partial charge is 0.379 e. The molecule has 0 bridgehead atoms. The van der Waals surface area contributed by atoms with Gasteiger partial charge in [0.1, 0.15) is 0 Å². The van der Waals surface area contributed by atoms with Crippen LogP contribution in [-0.4, -0.2) is 20.3 Å². The molecule has 1 fully saturated rings. The lowest BCUT2D eigenvalue weighted by Gasteiger charge is -2.19. The summed E-state index contributed by atoms with van der Waals surface area (Å²) in [6.07, 6.45) is 2.71. The highest BCUT2D eigenvalue weighted by Crippen LogP contribution is 2.29. The second kappa shape index (κ2) is 5.65. The topological polar surface area (TPSA) is 21.3 Å². The Hall–Kier alpha value is -0.860. The summed E-state index contributed by atoms with van der Waals surface area (Å²) >= 11 is 0. The molecule has 0 radical (unpaired) electrons. The van der Waals surface area contributed by atoms with E-state index in [0.29, 0.717) is 6.04 Å². The zero-order chi connectivity index (χ0) is 12.3. The number of ether oxygens (including phenoxy) is 1. The molecule has 0 saturated heterocycles. The average Bonchev–Trinajstić information content (AvgIpc) is 3.10. The number of likely N-dealkylation sites (N-methyl/N-ethyl adjacent to an activating group) is 1. The molecule has 1 saturated carbocycles. The summed E-state index contributed by atoms with van der Waals surface area (Å²) in [5.74, 6) is 0.839. The molecule has 0 spiro atoms. The van der Waals surface area contributed by atoms with Gasteiger partial charge in [0.15, 0.2) is 0 Å². The van der Waals surface area contributed by atoms with Crippen LogP contribution in [0.25, 0.3) is 0 Å². The van der Waals surface area contributed by atoms with Crippen molar-refractivity contribution in [1.29, 1.82) is 0 Å². The number of hydrogen-bond acceptors (Lipinski definition) is 2. The Balaban J connectivity index is 1.94. The lowest BCUT2D eigenvalue weighted by Crippen LogP contribution is -2.23. The molecule has 1 unspecified atom stereocenters. The van der Waals surface area contributed by atoms with Crippen LogP contribution in [0.15, 0.2) is 18.2 Å². The van der Waals surface area contributed by atoms with E-state index >= 15 is 0 Å². The first-order chi connectivity index (χ1) is 8.20. The molecule has 17 heavy (non-hydrogen) atoms. The average molecular weight is 233 g/mol. The fourth-order valence-corrected chi connectivity index (χ4v) is 2.18. The summed E-state index contributed by atoms with van der Waals surface area (Å²) in [6.45, 7) is 6.02. The maximum absolute atomic E-state index is 5.79. The van der Waals surface area contributed by atoms with E-state index in [-0.39, 0.29) is 0 Å². The SMILES string of the molecule is CNC(COCC1CC1)c1ccc(C)cc1C. The van der Waals surface area contributed by atoms with Crippen molar-refractivity contribution >= 4 is 0 Å². The van der Waals surface area contributed by atoms with Gasteiger partial charge in [0, 0.05) is 6.61 Å². The molecule has 2 heteroatoms. The summed E-state index contributed by atoms with van der Waals surface area (Å²) in [4.78, 5) is 0. The summed E-state index contributed by atoms with van der Waals surface area (Å²) in [7, 11) is 2.00. The van der Waals surface area contributed by atoms with Gasteiger partial charge in [-0.2, -0.15) is 0 Å². The Morgan fingerprint density at radius 2 is 2.12 bits per heavy atom. The van der Waals surface area contributed by atoms with Crippen molar-refractivity contribution in [3.8, 4) is 0 Å². The zero-order valence-electron chi connectivity index (χ0n) is 11.1. The highest BCUT2D eigenvalue weighted by molar-refractivity contribution is 5.32. The van der Waals surface area contributed by atoms with Crippen LogP contribution in [-0.2, 0) is 4.74 Å². The Labute approximate surface area is 104 Å². The minimum atomic E-state index is 0.314. The molecule has 1 atom stereocenters. The molecule has 0 heterocycles. The molecule has 0 aliphatic heterocycles. The second-order valence-corrected chi connectivity index (χ2v) is 5.18. The molecule has 1 aliphatic carbocycles. The standard InChI is InChI=1S/C15H23NO/c1-11-4-7-14(12(2)8-11)15(16-3)10-17-9-13-5-6-13/h4,7-8,13,15-16H,5-6,9-10H2,1-3H3. The van der Waals surface area contributed by atoms with E-state index < -0.39 is 0 Å². The maximum atomic E-state index is 5.79. The number of hydrogen-bond donors (Lipinski definition) is 1. The Morgan fingerprint density at radius 1 is 1.35 bits per heavy atom. The lowest BCUT2D eigenvalue weighted by atomic mass is 10.00. The van der Waals surface area contributed by atoms with E-state index in [1.54, 1.807) is 0 Å². The van der Waals surface area contributed by atoms with E-state index in [4.69, 9.17) is 4.74 Å². The van der Waals surface area contributed by atoms with Gasteiger partial charge >= 0.3 is 0 Å². The van der Waals surface area contributed by atoms with E-state index in [1.165, 1.54) is 29.5 Å². The van der Waals surface area contributed by atoms with Gasteiger partial charge in [0.05, 0.1) is 12.6 Å². The summed E-state index contributed by atoms with van der Waals surface area (Å²) in [5.41, 5.74) is 4.02. The van der Waals surface area contributed by atoms with Gasteiger partial charge in [0.2, 0.25) is 0 Å². The summed E-state index contributed by atoms with van der Waals surface area (Å²) < 4.78 is 5.79. The second-order valence-electron chi connectivity index (χ2n) is 5.18. The summed E-state index contributed by atoms with van der Waals surface area (Å²) in [5, 5.41) is 3.35. The maximum Gasteiger partial charge on any atom is 0.0661 e. The van der Waals surface area contributed by atoms with Gasteiger partial charge in [-0.3, -0.25) is 0 Å². The summed E-state index contributed by atoms with van der Waals surface area (Å²) in [6, 6.07) is 6.94. The van der Waals surface area contributed by atoms with Crippen LogP contribution in [0.3, 0.4) is 0 Å².